The van der Waals surface area contributed by atoms with Crippen LogP contribution in [0.4, 0.5) is 13.2 Å². The first-order valence-corrected chi connectivity index (χ1v) is 7.94. The number of halogens is 3. The largest absolute Gasteiger partial charge is 0.416 e. The highest BCUT2D eigenvalue weighted by Crippen LogP contribution is 2.29. The van der Waals surface area contributed by atoms with Crippen LogP contribution >= 0.6 is 0 Å². The molecule has 1 heterocycles. The van der Waals surface area contributed by atoms with Crippen LogP contribution in [0.2, 0.25) is 0 Å². The van der Waals surface area contributed by atoms with Gasteiger partial charge in [-0.15, -0.1) is 0 Å². The maximum absolute atomic E-state index is 12.5. The topological polar surface area (TPSA) is 51.1 Å². The Morgan fingerprint density at radius 2 is 1.76 bits per heavy atom. The summed E-state index contributed by atoms with van der Waals surface area (Å²) in [7, 11) is 0. The van der Waals surface area contributed by atoms with Gasteiger partial charge in [-0.2, -0.15) is 13.2 Å². The van der Waals surface area contributed by atoms with E-state index < -0.39 is 11.7 Å². The second-order valence-corrected chi connectivity index (χ2v) is 5.66. The minimum atomic E-state index is -4.37. The highest BCUT2D eigenvalue weighted by molar-refractivity contribution is 5.78. The standard InChI is InChI=1S/C18H19F3N2O2/c19-18(20,21)15-8-6-14(7-9-15)13-16(24)22-10-2-4-12-23-11-3-1-5-17(23)25/h1,3,5-9,11H,2,4,10,12-13H2,(H,22,24). The Morgan fingerprint density at radius 1 is 1.04 bits per heavy atom. The lowest BCUT2D eigenvalue weighted by Crippen LogP contribution is -2.26. The molecule has 0 spiro atoms. The fourth-order valence-corrected chi connectivity index (χ4v) is 2.34. The number of alkyl halides is 3. The van der Waals surface area contributed by atoms with Crippen LogP contribution in [-0.2, 0) is 23.9 Å². The van der Waals surface area contributed by atoms with Crippen LogP contribution in [0.25, 0.3) is 0 Å². The summed E-state index contributed by atoms with van der Waals surface area (Å²) in [6.07, 6.45) is -1.17. The van der Waals surface area contributed by atoms with Gasteiger partial charge in [-0.05, 0) is 36.6 Å². The molecule has 0 aliphatic heterocycles. The van der Waals surface area contributed by atoms with Crippen molar-refractivity contribution in [1.82, 2.24) is 9.88 Å². The normalized spacial score (nSPS) is 11.3. The summed E-state index contributed by atoms with van der Waals surface area (Å²) >= 11 is 0. The van der Waals surface area contributed by atoms with Gasteiger partial charge in [0.2, 0.25) is 11.5 Å². The van der Waals surface area contributed by atoms with E-state index in [1.165, 1.54) is 18.2 Å². The average Bonchev–Trinajstić information content (AvgIpc) is 2.56. The summed E-state index contributed by atoms with van der Waals surface area (Å²) in [5.41, 5.74) is -0.261. The number of rotatable bonds is 7. The molecule has 0 radical (unpaired) electrons. The molecule has 0 aliphatic carbocycles. The molecule has 1 N–H and O–H groups in total. The lowest BCUT2D eigenvalue weighted by Gasteiger charge is -2.08. The highest BCUT2D eigenvalue weighted by Gasteiger charge is 2.29. The first kappa shape index (κ1) is 18.8. The van der Waals surface area contributed by atoms with Crippen LogP contribution in [0.1, 0.15) is 24.0 Å². The van der Waals surface area contributed by atoms with Gasteiger partial charge in [0.15, 0.2) is 0 Å². The molecule has 25 heavy (non-hydrogen) atoms. The number of carbonyl (C=O) groups excluding carboxylic acids is 1. The number of pyridine rings is 1. The van der Waals surface area contributed by atoms with Crippen molar-refractivity contribution in [3.63, 3.8) is 0 Å². The fraction of sp³-hybridized carbons (Fsp3) is 0.333. The molecule has 1 amide bonds. The van der Waals surface area contributed by atoms with E-state index in [4.69, 9.17) is 0 Å². The molecule has 0 aliphatic rings. The second kappa shape index (κ2) is 8.50. The van der Waals surface area contributed by atoms with Gasteiger partial charge in [0.25, 0.3) is 0 Å². The number of aryl methyl sites for hydroxylation is 1. The van der Waals surface area contributed by atoms with E-state index in [2.05, 4.69) is 5.32 Å². The number of nitrogens with zero attached hydrogens (tertiary/aromatic N) is 1. The quantitative estimate of drug-likeness (QED) is 0.779. The summed E-state index contributed by atoms with van der Waals surface area (Å²) in [5.74, 6) is -0.239. The van der Waals surface area contributed by atoms with Crippen LogP contribution in [0.15, 0.2) is 53.5 Å². The molecule has 1 aromatic heterocycles. The minimum absolute atomic E-state index is 0.0380. The molecule has 0 unspecified atom stereocenters. The molecular weight excluding hydrogens is 333 g/mol. The maximum Gasteiger partial charge on any atom is 0.416 e. The number of amides is 1. The van der Waals surface area contributed by atoms with Gasteiger partial charge in [0, 0.05) is 25.4 Å². The van der Waals surface area contributed by atoms with Crippen LogP contribution in [0, 0.1) is 0 Å². The van der Waals surface area contributed by atoms with Gasteiger partial charge >= 0.3 is 6.18 Å². The monoisotopic (exact) mass is 352 g/mol. The maximum atomic E-state index is 12.5. The zero-order chi connectivity index (χ0) is 18.3. The molecule has 0 atom stereocenters. The Balaban J connectivity index is 1.69. The van der Waals surface area contributed by atoms with Crippen molar-refractivity contribution in [2.75, 3.05) is 6.54 Å². The molecule has 134 valence electrons. The first-order valence-electron chi connectivity index (χ1n) is 7.94. The number of aromatic nitrogens is 1. The van der Waals surface area contributed by atoms with Gasteiger partial charge in [-0.25, -0.2) is 0 Å². The molecule has 7 heteroatoms. The van der Waals surface area contributed by atoms with E-state index in [1.807, 2.05) is 0 Å². The van der Waals surface area contributed by atoms with Crippen molar-refractivity contribution in [2.45, 2.75) is 32.0 Å². The van der Waals surface area contributed by atoms with Crippen LogP contribution < -0.4 is 10.9 Å². The molecule has 0 saturated carbocycles. The Kier molecular flexibility index (Phi) is 6.38. The predicted octanol–water partition coefficient (Wildman–Crippen LogP) is 3.01. The zero-order valence-corrected chi connectivity index (χ0v) is 13.6. The zero-order valence-electron chi connectivity index (χ0n) is 13.6. The predicted molar refractivity (Wildman–Crippen MR) is 88.1 cm³/mol. The van der Waals surface area contributed by atoms with Crippen molar-refractivity contribution >= 4 is 5.91 Å². The summed E-state index contributed by atoms with van der Waals surface area (Å²) in [4.78, 5) is 23.3. The smallest absolute Gasteiger partial charge is 0.356 e. The van der Waals surface area contributed by atoms with E-state index in [-0.39, 0.29) is 17.9 Å². The lowest BCUT2D eigenvalue weighted by atomic mass is 10.1. The molecule has 0 fully saturated rings. The van der Waals surface area contributed by atoms with Gasteiger partial charge < -0.3 is 9.88 Å². The van der Waals surface area contributed by atoms with Gasteiger partial charge in [0.1, 0.15) is 0 Å². The number of unbranched alkanes of at least 4 members (excludes halogenated alkanes) is 1. The SMILES string of the molecule is O=C(Cc1ccc(C(F)(F)F)cc1)NCCCCn1ccccc1=O. The third-order valence-corrected chi connectivity index (χ3v) is 3.69. The molecule has 2 rings (SSSR count). The van der Waals surface area contributed by atoms with Crippen LogP contribution in [-0.4, -0.2) is 17.0 Å². The Labute approximate surface area is 143 Å². The number of nitrogens with one attached hydrogen (secondary N) is 1. The molecular formula is C18H19F3N2O2. The van der Waals surface area contributed by atoms with Gasteiger partial charge in [-0.3, -0.25) is 9.59 Å². The highest BCUT2D eigenvalue weighted by atomic mass is 19.4. The van der Waals surface area contributed by atoms with Crippen LogP contribution in [0.3, 0.4) is 0 Å². The third kappa shape index (κ3) is 6.10. The summed E-state index contributed by atoms with van der Waals surface area (Å²) in [5, 5.41) is 2.73. The van der Waals surface area contributed by atoms with Crippen molar-refractivity contribution < 1.29 is 18.0 Å². The van der Waals surface area contributed by atoms with Crippen LogP contribution in [0.5, 0.6) is 0 Å². The molecule has 2 aromatic rings. The van der Waals surface area contributed by atoms with E-state index in [1.54, 1.807) is 22.9 Å². The Hall–Kier alpha value is -2.57. The summed E-state index contributed by atoms with van der Waals surface area (Å²) in [6, 6.07) is 9.52. The van der Waals surface area contributed by atoms with E-state index in [9.17, 15) is 22.8 Å². The van der Waals surface area contributed by atoms with Gasteiger partial charge in [-0.1, -0.05) is 18.2 Å². The molecule has 1 aromatic carbocycles. The van der Waals surface area contributed by atoms with Crippen molar-refractivity contribution in [1.29, 1.82) is 0 Å². The fourth-order valence-electron chi connectivity index (χ4n) is 2.34. The first-order chi connectivity index (χ1) is 11.9. The number of hydrogen-bond acceptors (Lipinski definition) is 2. The third-order valence-electron chi connectivity index (χ3n) is 3.69. The van der Waals surface area contributed by atoms with E-state index in [0.717, 1.165) is 18.6 Å². The number of benzene rings is 1. The van der Waals surface area contributed by atoms with Crippen molar-refractivity contribution in [3.05, 3.63) is 70.1 Å². The Bertz CT molecular complexity index is 752. The van der Waals surface area contributed by atoms with E-state index in [0.29, 0.717) is 25.1 Å². The summed E-state index contributed by atoms with van der Waals surface area (Å²) < 4.78 is 39.0. The summed E-state index contributed by atoms with van der Waals surface area (Å²) in [6.45, 7) is 1.04. The number of hydrogen-bond donors (Lipinski definition) is 1. The molecule has 4 nitrogen and oxygen atoms in total. The van der Waals surface area contributed by atoms with Crippen molar-refractivity contribution in [3.8, 4) is 0 Å². The lowest BCUT2D eigenvalue weighted by molar-refractivity contribution is -0.137. The van der Waals surface area contributed by atoms with Crippen molar-refractivity contribution in [2.24, 2.45) is 0 Å². The average molecular weight is 352 g/mol. The molecule has 0 saturated heterocycles. The Morgan fingerprint density at radius 3 is 2.40 bits per heavy atom. The second-order valence-electron chi connectivity index (χ2n) is 5.66. The minimum Gasteiger partial charge on any atom is -0.356 e. The molecule has 0 bridgehead atoms. The van der Waals surface area contributed by atoms with Gasteiger partial charge in [0.05, 0.1) is 12.0 Å². The van der Waals surface area contributed by atoms with E-state index >= 15 is 0 Å². The number of carbonyl (C=O) groups is 1.